The van der Waals surface area contributed by atoms with Crippen molar-refractivity contribution in [3.63, 3.8) is 0 Å². The summed E-state index contributed by atoms with van der Waals surface area (Å²) >= 11 is 0. The fourth-order valence-corrected chi connectivity index (χ4v) is 3.75. The third kappa shape index (κ3) is 4.74. The smallest absolute Gasteiger partial charge is 0.238 e. The molecule has 0 bridgehead atoms. The minimum atomic E-state index is -0.101. The van der Waals surface area contributed by atoms with Gasteiger partial charge >= 0.3 is 0 Å². The molecule has 7 nitrogen and oxygen atoms in total. The Bertz CT molecular complexity index is 855. The molecule has 2 aromatic carbocycles. The first-order valence-corrected chi connectivity index (χ1v) is 9.57. The van der Waals surface area contributed by atoms with Crippen molar-refractivity contribution >= 4 is 11.6 Å². The molecule has 2 aromatic rings. The molecule has 1 saturated heterocycles. The average Bonchev–Trinajstić information content (AvgIpc) is 3.20. The van der Waals surface area contributed by atoms with Crippen molar-refractivity contribution in [2.24, 2.45) is 0 Å². The number of likely N-dealkylation sites (tertiary alicyclic amines) is 1. The number of methoxy groups -OCH3 is 4. The van der Waals surface area contributed by atoms with Gasteiger partial charge in [0.1, 0.15) is 23.0 Å². The zero-order valence-electron chi connectivity index (χ0n) is 17.4. The molecule has 0 aliphatic carbocycles. The molecule has 29 heavy (non-hydrogen) atoms. The Morgan fingerprint density at radius 2 is 1.66 bits per heavy atom. The number of hydrogen-bond acceptors (Lipinski definition) is 6. The third-order valence-electron chi connectivity index (χ3n) is 5.19. The van der Waals surface area contributed by atoms with E-state index in [0.29, 0.717) is 17.2 Å². The lowest BCUT2D eigenvalue weighted by Gasteiger charge is -2.26. The predicted molar refractivity (Wildman–Crippen MR) is 111 cm³/mol. The molecule has 0 saturated carbocycles. The lowest BCUT2D eigenvalue weighted by molar-refractivity contribution is -0.117. The molecule has 0 radical (unpaired) electrons. The van der Waals surface area contributed by atoms with Gasteiger partial charge in [0.2, 0.25) is 5.91 Å². The molecule has 1 aliphatic rings. The van der Waals surface area contributed by atoms with Gasteiger partial charge in [0.05, 0.1) is 40.7 Å². The van der Waals surface area contributed by atoms with Gasteiger partial charge in [-0.2, -0.15) is 0 Å². The van der Waals surface area contributed by atoms with Gasteiger partial charge < -0.3 is 24.3 Å². The van der Waals surface area contributed by atoms with E-state index in [1.807, 2.05) is 18.2 Å². The van der Waals surface area contributed by atoms with E-state index < -0.39 is 0 Å². The van der Waals surface area contributed by atoms with Crippen molar-refractivity contribution in [3.05, 3.63) is 42.0 Å². The average molecular weight is 400 g/mol. The van der Waals surface area contributed by atoms with Crippen LogP contribution in [-0.4, -0.2) is 52.3 Å². The van der Waals surface area contributed by atoms with E-state index >= 15 is 0 Å². The van der Waals surface area contributed by atoms with E-state index in [2.05, 4.69) is 10.2 Å². The largest absolute Gasteiger partial charge is 0.497 e. The predicted octanol–water partition coefficient (Wildman–Crippen LogP) is 3.50. The van der Waals surface area contributed by atoms with Crippen LogP contribution in [0.15, 0.2) is 36.4 Å². The van der Waals surface area contributed by atoms with Gasteiger partial charge in [-0.05, 0) is 37.6 Å². The van der Waals surface area contributed by atoms with E-state index in [4.69, 9.17) is 18.9 Å². The summed E-state index contributed by atoms with van der Waals surface area (Å²) in [5.41, 5.74) is 1.66. The van der Waals surface area contributed by atoms with E-state index in [0.717, 1.165) is 36.4 Å². The van der Waals surface area contributed by atoms with Crippen molar-refractivity contribution in [2.75, 3.05) is 46.8 Å². The molecule has 0 unspecified atom stereocenters. The molecule has 1 N–H and O–H groups in total. The molecule has 1 aliphatic heterocycles. The summed E-state index contributed by atoms with van der Waals surface area (Å²) in [6, 6.07) is 11.3. The van der Waals surface area contributed by atoms with E-state index in [1.54, 1.807) is 46.6 Å². The van der Waals surface area contributed by atoms with Crippen LogP contribution in [0.2, 0.25) is 0 Å². The lowest BCUT2D eigenvalue weighted by Crippen LogP contribution is -2.33. The molecular formula is C22H28N2O5. The van der Waals surface area contributed by atoms with Crippen molar-refractivity contribution in [2.45, 2.75) is 18.9 Å². The van der Waals surface area contributed by atoms with E-state index in [1.165, 1.54) is 0 Å². The number of benzene rings is 2. The second kappa shape index (κ2) is 9.52. The lowest BCUT2D eigenvalue weighted by atomic mass is 10.0. The zero-order chi connectivity index (χ0) is 20.8. The van der Waals surface area contributed by atoms with Gasteiger partial charge in [-0.3, -0.25) is 9.69 Å². The van der Waals surface area contributed by atoms with Crippen LogP contribution in [0.3, 0.4) is 0 Å². The summed E-state index contributed by atoms with van der Waals surface area (Å²) in [7, 11) is 6.45. The molecule has 1 atom stereocenters. The number of hydrogen-bond donors (Lipinski definition) is 1. The number of rotatable bonds is 8. The van der Waals surface area contributed by atoms with Crippen LogP contribution in [0.4, 0.5) is 5.69 Å². The Labute approximate surface area is 171 Å². The van der Waals surface area contributed by atoms with E-state index in [-0.39, 0.29) is 18.5 Å². The normalized spacial score (nSPS) is 16.3. The molecule has 1 heterocycles. The molecular weight excluding hydrogens is 372 g/mol. The summed E-state index contributed by atoms with van der Waals surface area (Å²) < 4.78 is 21.5. The highest BCUT2D eigenvalue weighted by Gasteiger charge is 2.30. The maximum absolute atomic E-state index is 12.8. The summed E-state index contributed by atoms with van der Waals surface area (Å²) in [6.07, 6.45) is 1.99. The van der Waals surface area contributed by atoms with Gasteiger partial charge in [-0.25, -0.2) is 0 Å². The van der Waals surface area contributed by atoms with Crippen LogP contribution >= 0.6 is 0 Å². The highest BCUT2D eigenvalue weighted by atomic mass is 16.5. The second-order valence-corrected chi connectivity index (χ2v) is 6.85. The molecule has 7 heteroatoms. The van der Waals surface area contributed by atoms with E-state index in [9.17, 15) is 4.79 Å². The van der Waals surface area contributed by atoms with Gasteiger partial charge in [0.25, 0.3) is 0 Å². The number of nitrogens with one attached hydrogen (secondary N) is 1. The highest BCUT2D eigenvalue weighted by molar-refractivity contribution is 5.94. The first kappa shape index (κ1) is 20.8. The van der Waals surface area contributed by atoms with Crippen LogP contribution in [0.5, 0.6) is 23.0 Å². The van der Waals surface area contributed by atoms with Crippen LogP contribution in [0.1, 0.15) is 24.4 Å². The van der Waals surface area contributed by atoms with Crippen LogP contribution in [0.25, 0.3) is 0 Å². The standard InChI is InChI=1S/C22H28N2O5/c1-26-15-8-10-20(28-3)18(12-15)23-22(25)14-24-11-5-6-19(24)17-9-7-16(27-2)13-21(17)29-4/h7-10,12-13,19H,5-6,11,14H2,1-4H3,(H,23,25)/t19-/m1/s1. The van der Waals surface area contributed by atoms with Crippen LogP contribution in [-0.2, 0) is 4.79 Å². The maximum atomic E-state index is 12.8. The molecule has 1 amide bonds. The van der Waals surface area contributed by atoms with Crippen molar-refractivity contribution < 1.29 is 23.7 Å². The van der Waals surface area contributed by atoms with Gasteiger partial charge in [0.15, 0.2) is 0 Å². The number of amides is 1. The molecule has 3 rings (SSSR count). The highest BCUT2D eigenvalue weighted by Crippen LogP contribution is 2.38. The fraction of sp³-hybridized carbons (Fsp3) is 0.409. The monoisotopic (exact) mass is 400 g/mol. The maximum Gasteiger partial charge on any atom is 0.238 e. The number of anilines is 1. The Kier molecular flexibility index (Phi) is 6.82. The SMILES string of the molecule is COc1ccc(OC)c(NC(=O)CN2CCC[C@@H]2c2ccc(OC)cc2OC)c1. The summed E-state index contributed by atoms with van der Waals surface area (Å²) in [4.78, 5) is 14.9. The molecule has 156 valence electrons. The third-order valence-corrected chi connectivity index (χ3v) is 5.19. The van der Waals surface area contributed by atoms with Gasteiger partial charge in [0, 0.05) is 23.7 Å². The van der Waals surface area contributed by atoms with Crippen molar-refractivity contribution in [1.82, 2.24) is 4.90 Å². The minimum absolute atomic E-state index is 0.101. The zero-order valence-corrected chi connectivity index (χ0v) is 17.4. The first-order valence-electron chi connectivity index (χ1n) is 9.57. The Morgan fingerprint density at radius 3 is 2.34 bits per heavy atom. The quantitative estimate of drug-likeness (QED) is 0.732. The van der Waals surface area contributed by atoms with Crippen LogP contribution in [0, 0.1) is 0 Å². The second-order valence-electron chi connectivity index (χ2n) is 6.85. The Morgan fingerprint density at radius 1 is 0.966 bits per heavy atom. The molecule has 0 spiro atoms. The van der Waals surface area contributed by atoms with Crippen LogP contribution < -0.4 is 24.3 Å². The summed E-state index contributed by atoms with van der Waals surface area (Å²) in [6.45, 7) is 1.13. The van der Waals surface area contributed by atoms with Gasteiger partial charge in [-0.1, -0.05) is 6.07 Å². The van der Waals surface area contributed by atoms with Crippen molar-refractivity contribution in [1.29, 1.82) is 0 Å². The van der Waals surface area contributed by atoms with Crippen molar-refractivity contribution in [3.8, 4) is 23.0 Å². The Balaban J connectivity index is 1.74. The van der Waals surface area contributed by atoms with Gasteiger partial charge in [-0.15, -0.1) is 0 Å². The number of carbonyl (C=O) groups is 1. The Hall–Kier alpha value is -2.93. The topological polar surface area (TPSA) is 69.3 Å². The summed E-state index contributed by atoms with van der Waals surface area (Å²) in [5.74, 6) is 2.67. The number of ether oxygens (including phenoxy) is 4. The minimum Gasteiger partial charge on any atom is -0.497 e. The summed E-state index contributed by atoms with van der Waals surface area (Å²) in [5, 5.41) is 2.95. The first-order chi connectivity index (χ1) is 14.1. The number of nitrogens with zero attached hydrogens (tertiary/aromatic N) is 1. The fourth-order valence-electron chi connectivity index (χ4n) is 3.75. The molecule has 1 fully saturated rings. The number of carbonyl (C=O) groups excluding carboxylic acids is 1. The molecule has 0 aromatic heterocycles.